The highest BCUT2D eigenvalue weighted by Crippen LogP contribution is 2.36. The van der Waals surface area contributed by atoms with Gasteiger partial charge in [-0.3, -0.25) is 0 Å². The number of aromatic nitrogens is 1. The van der Waals surface area contributed by atoms with Gasteiger partial charge in [0.1, 0.15) is 6.10 Å². The minimum absolute atomic E-state index is 0.348. The van der Waals surface area contributed by atoms with Crippen molar-refractivity contribution in [2.24, 2.45) is 5.41 Å². The molecule has 1 aliphatic rings. The number of ether oxygens (including phenoxy) is 1. The van der Waals surface area contributed by atoms with Crippen LogP contribution >= 0.6 is 0 Å². The predicted molar refractivity (Wildman–Crippen MR) is 73.7 cm³/mol. The summed E-state index contributed by atoms with van der Waals surface area (Å²) in [4.78, 5) is 4.37. The lowest BCUT2D eigenvalue weighted by Gasteiger charge is -2.34. The van der Waals surface area contributed by atoms with Crippen LogP contribution in [0.2, 0.25) is 0 Å². The molecule has 0 amide bonds. The zero-order valence-electron chi connectivity index (χ0n) is 11.7. The maximum Gasteiger partial charge on any atom is 0.213 e. The average molecular weight is 248 g/mol. The number of hydrogen-bond acceptors (Lipinski definition) is 3. The highest BCUT2D eigenvalue weighted by molar-refractivity contribution is 5.18. The zero-order chi connectivity index (χ0) is 13.0. The highest BCUT2D eigenvalue weighted by atomic mass is 16.5. The molecule has 0 aliphatic heterocycles. The number of nitrogens with one attached hydrogen (secondary N) is 1. The molecule has 0 spiro atoms. The normalized spacial score (nSPS) is 19.7. The van der Waals surface area contributed by atoms with E-state index in [0.717, 1.165) is 25.3 Å². The number of pyridine rings is 1. The molecule has 0 saturated heterocycles. The van der Waals surface area contributed by atoms with Gasteiger partial charge in [0.15, 0.2) is 0 Å². The molecule has 1 heterocycles. The fourth-order valence-corrected chi connectivity index (χ4v) is 2.45. The molecule has 0 unspecified atom stereocenters. The molecule has 1 aromatic heterocycles. The summed E-state index contributed by atoms with van der Waals surface area (Å²) in [6.07, 6.45) is 7.02. The summed E-state index contributed by atoms with van der Waals surface area (Å²) in [5.74, 6) is 0.763. The van der Waals surface area contributed by atoms with Gasteiger partial charge in [0.05, 0.1) is 0 Å². The Kier molecular flexibility index (Phi) is 4.23. The number of nitrogens with zero attached hydrogens (tertiary/aromatic N) is 1. The molecule has 1 fully saturated rings. The quantitative estimate of drug-likeness (QED) is 0.888. The van der Waals surface area contributed by atoms with Gasteiger partial charge in [-0.15, -0.1) is 0 Å². The molecule has 2 rings (SSSR count). The van der Waals surface area contributed by atoms with E-state index in [-0.39, 0.29) is 0 Å². The van der Waals surface area contributed by atoms with Crippen LogP contribution < -0.4 is 10.1 Å². The van der Waals surface area contributed by atoms with Crippen molar-refractivity contribution in [2.45, 2.75) is 52.2 Å². The Hall–Kier alpha value is -1.09. The van der Waals surface area contributed by atoms with Crippen LogP contribution in [0.5, 0.6) is 5.88 Å². The molecule has 0 aromatic carbocycles. The minimum Gasteiger partial charge on any atom is -0.474 e. The van der Waals surface area contributed by atoms with Gasteiger partial charge in [-0.2, -0.15) is 0 Å². The highest BCUT2D eigenvalue weighted by Gasteiger charge is 2.27. The van der Waals surface area contributed by atoms with Gasteiger partial charge in [-0.05, 0) is 43.7 Å². The maximum atomic E-state index is 5.95. The lowest BCUT2D eigenvalue weighted by molar-refractivity contribution is 0.0949. The summed E-state index contributed by atoms with van der Waals surface area (Å²) in [6.45, 7) is 5.53. The smallest absolute Gasteiger partial charge is 0.213 e. The van der Waals surface area contributed by atoms with Crippen LogP contribution in [0, 0.1) is 5.41 Å². The molecule has 0 atom stereocenters. The SMILES string of the molecule is CNCc1ccc(OC2CCC(C)(C)CC2)nc1. The van der Waals surface area contributed by atoms with Gasteiger partial charge in [-0.1, -0.05) is 19.9 Å². The maximum absolute atomic E-state index is 5.95. The van der Waals surface area contributed by atoms with Crippen LogP contribution in [0.3, 0.4) is 0 Å². The monoisotopic (exact) mass is 248 g/mol. The molecule has 1 saturated carbocycles. The second-order valence-electron chi connectivity index (χ2n) is 6.02. The topological polar surface area (TPSA) is 34.1 Å². The Morgan fingerprint density at radius 2 is 2.06 bits per heavy atom. The lowest BCUT2D eigenvalue weighted by atomic mass is 9.76. The van der Waals surface area contributed by atoms with Crippen LogP contribution in [0.25, 0.3) is 0 Å². The van der Waals surface area contributed by atoms with E-state index in [1.54, 1.807) is 0 Å². The Labute approximate surface area is 110 Å². The van der Waals surface area contributed by atoms with Crippen molar-refractivity contribution in [1.82, 2.24) is 10.3 Å². The Bertz CT molecular complexity index is 363. The van der Waals surface area contributed by atoms with Crippen LogP contribution in [-0.2, 0) is 6.54 Å². The standard InChI is InChI=1S/C15H24N2O/c1-15(2)8-6-13(7-9-15)18-14-5-4-12(10-16-3)11-17-14/h4-5,11,13,16H,6-10H2,1-3H3. The number of rotatable bonds is 4. The van der Waals surface area contributed by atoms with Gasteiger partial charge in [-0.25, -0.2) is 4.98 Å². The molecule has 3 heteroatoms. The van der Waals surface area contributed by atoms with E-state index in [1.165, 1.54) is 18.4 Å². The van der Waals surface area contributed by atoms with Gasteiger partial charge in [0.2, 0.25) is 5.88 Å². The molecule has 1 N–H and O–H groups in total. The van der Waals surface area contributed by atoms with Gasteiger partial charge in [0, 0.05) is 18.8 Å². The molecule has 0 bridgehead atoms. The second-order valence-corrected chi connectivity index (χ2v) is 6.02. The molecule has 18 heavy (non-hydrogen) atoms. The molecule has 100 valence electrons. The van der Waals surface area contributed by atoms with Crippen molar-refractivity contribution in [1.29, 1.82) is 0 Å². The predicted octanol–water partition coefficient (Wildman–Crippen LogP) is 3.15. The van der Waals surface area contributed by atoms with E-state index in [0.29, 0.717) is 11.5 Å². The fraction of sp³-hybridized carbons (Fsp3) is 0.667. The molecular weight excluding hydrogens is 224 g/mol. The second kappa shape index (κ2) is 5.70. The average Bonchev–Trinajstić information content (AvgIpc) is 2.35. The molecule has 0 radical (unpaired) electrons. The third kappa shape index (κ3) is 3.70. The van der Waals surface area contributed by atoms with Crippen LogP contribution in [-0.4, -0.2) is 18.1 Å². The van der Waals surface area contributed by atoms with Gasteiger partial charge in [0.25, 0.3) is 0 Å². The summed E-state index contributed by atoms with van der Waals surface area (Å²) < 4.78 is 5.95. The summed E-state index contributed by atoms with van der Waals surface area (Å²) in [5.41, 5.74) is 1.68. The largest absolute Gasteiger partial charge is 0.474 e. The van der Waals surface area contributed by atoms with Crippen molar-refractivity contribution < 1.29 is 4.74 Å². The van der Waals surface area contributed by atoms with E-state index in [9.17, 15) is 0 Å². The fourth-order valence-electron chi connectivity index (χ4n) is 2.45. The van der Waals surface area contributed by atoms with Crippen molar-refractivity contribution in [3.63, 3.8) is 0 Å². The minimum atomic E-state index is 0.348. The lowest BCUT2D eigenvalue weighted by Crippen LogP contribution is -2.28. The van der Waals surface area contributed by atoms with E-state index >= 15 is 0 Å². The molecule has 3 nitrogen and oxygen atoms in total. The van der Waals surface area contributed by atoms with Crippen molar-refractivity contribution >= 4 is 0 Å². The van der Waals surface area contributed by atoms with Crippen molar-refractivity contribution in [2.75, 3.05) is 7.05 Å². The van der Waals surface area contributed by atoms with Crippen LogP contribution in [0.4, 0.5) is 0 Å². The first-order valence-electron chi connectivity index (χ1n) is 6.85. The zero-order valence-corrected chi connectivity index (χ0v) is 11.7. The third-order valence-electron chi connectivity index (χ3n) is 3.75. The number of hydrogen-bond donors (Lipinski definition) is 1. The first-order valence-corrected chi connectivity index (χ1v) is 6.85. The summed E-state index contributed by atoms with van der Waals surface area (Å²) >= 11 is 0. The van der Waals surface area contributed by atoms with Crippen LogP contribution in [0.15, 0.2) is 18.3 Å². The summed E-state index contributed by atoms with van der Waals surface area (Å²) in [7, 11) is 1.94. The van der Waals surface area contributed by atoms with Gasteiger partial charge >= 0.3 is 0 Å². The molecule has 1 aliphatic carbocycles. The Balaban J connectivity index is 1.86. The van der Waals surface area contributed by atoms with Gasteiger partial charge < -0.3 is 10.1 Å². The summed E-state index contributed by atoms with van der Waals surface area (Å²) in [5, 5.41) is 3.11. The van der Waals surface area contributed by atoms with Crippen molar-refractivity contribution in [3.05, 3.63) is 23.9 Å². The van der Waals surface area contributed by atoms with E-state index in [1.807, 2.05) is 19.3 Å². The van der Waals surface area contributed by atoms with E-state index in [4.69, 9.17) is 4.74 Å². The first kappa shape index (κ1) is 13.3. The van der Waals surface area contributed by atoms with E-state index in [2.05, 4.69) is 30.2 Å². The Morgan fingerprint density at radius 3 is 2.61 bits per heavy atom. The van der Waals surface area contributed by atoms with Crippen LogP contribution in [0.1, 0.15) is 45.1 Å². The van der Waals surface area contributed by atoms with Crippen molar-refractivity contribution in [3.8, 4) is 5.88 Å². The first-order chi connectivity index (χ1) is 8.59. The molecule has 1 aromatic rings. The molecular formula is C15H24N2O. The summed E-state index contributed by atoms with van der Waals surface area (Å²) in [6, 6.07) is 4.05. The Morgan fingerprint density at radius 1 is 1.33 bits per heavy atom. The van der Waals surface area contributed by atoms with E-state index < -0.39 is 0 Å². The third-order valence-corrected chi connectivity index (χ3v) is 3.75.